The van der Waals surface area contributed by atoms with Crippen LogP contribution >= 0.6 is 0 Å². The van der Waals surface area contributed by atoms with Gasteiger partial charge in [-0.3, -0.25) is 0 Å². The zero-order valence-electron chi connectivity index (χ0n) is 12.7. The van der Waals surface area contributed by atoms with Gasteiger partial charge in [0.05, 0.1) is 11.5 Å². The van der Waals surface area contributed by atoms with E-state index < -0.39 is 5.60 Å². The molecule has 0 aliphatic heterocycles. The van der Waals surface area contributed by atoms with E-state index in [0.29, 0.717) is 5.92 Å². The maximum Gasteiger partial charge on any atom is 0.0759 e. The van der Waals surface area contributed by atoms with Crippen LogP contribution in [0.25, 0.3) is 0 Å². The molecule has 0 amide bonds. The Morgan fingerprint density at radius 2 is 2.05 bits per heavy atom. The molecule has 1 N–H and O–H groups in total. The third-order valence-electron chi connectivity index (χ3n) is 4.42. The SMILES string of the molecule is CCCCC#CC1C(Cc2ccccc2)CCC1(C)O. The van der Waals surface area contributed by atoms with Gasteiger partial charge in [-0.25, -0.2) is 0 Å². The molecular formula is C19H26O. The van der Waals surface area contributed by atoms with Crippen molar-refractivity contribution in [3.63, 3.8) is 0 Å². The van der Waals surface area contributed by atoms with Gasteiger partial charge in [-0.2, -0.15) is 0 Å². The summed E-state index contributed by atoms with van der Waals surface area (Å²) in [7, 11) is 0. The van der Waals surface area contributed by atoms with Crippen LogP contribution in [-0.2, 0) is 6.42 Å². The normalized spacial score (nSPS) is 28.9. The summed E-state index contributed by atoms with van der Waals surface area (Å²) in [6.45, 7) is 4.14. The van der Waals surface area contributed by atoms with Crippen molar-refractivity contribution in [3.8, 4) is 11.8 Å². The first-order chi connectivity index (χ1) is 9.63. The van der Waals surface area contributed by atoms with Gasteiger partial charge in [0.2, 0.25) is 0 Å². The van der Waals surface area contributed by atoms with Crippen LogP contribution in [0.3, 0.4) is 0 Å². The molecule has 1 saturated carbocycles. The second kappa shape index (κ2) is 6.95. The smallest absolute Gasteiger partial charge is 0.0759 e. The molecule has 3 unspecified atom stereocenters. The molecule has 0 aromatic heterocycles. The lowest BCUT2D eigenvalue weighted by Gasteiger charge is -2.25. The Morgan fingerprint density at radius 1 is 1.30 bits per heavy atom. The van der Waals surface area contributed by atoms with E-state index in [1.807, 2.05) is 6.92 Å². The number of aliphatic hydroxyl groups is 1. The van der Waals surface area contributed by atoms with Crippen molar-refractivity contribution in [1.82, 2.24) is 0 Å². The van der Waals surface area contributed by atoms with E-state index in [9.17, 15) is 5.11 Å². The number of hydrogen-bond donors (Lipinski definition) is 1. The maximum atomic E-state index is 10.6. The third-order valence-corrected chi connectivity index (χ3v) is 4.42. The molecule has 0 saturated heterocycles. The molecule has 2 rings (SSSR count). The van der Waals surface area contributed by atoms with Crippen molar-refractivity contribution in [3.05, 3.63) is 35.9 Å². The minimum atomic E-state index is -0.612. The fourth-order valence-corrected chi connectivity index (χ4v) is 3.16. The quantitative estimate of drug-likeness (QED) is 0.642. The average molecular weight is 270 g/mol. The molecule has 0 bridgehead atoms. The predicted molar refractivity (Wildman–Crippen MR) is 84.3 cm³/mol. The van der Waals surface area contributed by atoms with Gasteiger partial charge in [0.1, 0.15) is 0 Å². The van der Waals surface area contributed by atoms with Crippen LogP contribution in [0.1, 0.15) is 51.5 Å². The Bertz CT molecular complexity index is 464. The molecule has 1 aliphatic rings. The Morgan fingerprint density at radius 3 is 2.75 bits per heavy atom. The van der Waals surface area contributed by atoms with E-state index in [2.05, 4.69) is 49.1 Å². The first-order valence-corrected chi connectivity index (χ1v) is 7.88. The molecule has 0 radical (unpaired) electrons. The summed E-state index contributed by atoms with van der Waals surface area (Å²) in [5.41, 5.74) is 0.745. The van der Waals surface area contributed by atoms with Gasteiger partial charge in [-0.15, -0.1) is 5.92 Å². The number of unbranched alkanes of at least 4 members (excludes halogenated alkanes) is 2. The van der Waals surface area contributed by atoms with Gasteiger partial charge in [-0.05, 0) is 44.1 Å². The zero-order valence-corrected chi connectivity index (χ0v) is 12.7. The monoisotopic (exact) mass is 270 g/mol. The molecule has 1 nitrogen and oxygen atoms in total. The van der Waals surface area contributed by atoms with E-state index in [1.54, 1.807) is 0 Å². The minimum absolute atomic E-state index is 0.125. The third kappa shape index (κ3) is 3.87. The highest BCUT2D eigenvalue weighted by Gasteiger charge is 2.42. The molecule has 0 spiro atoms. The standard InChI is InChI=1S/C19H26O/c1-3-4-5-9-12-18-17(13-14-19(18,2)20)15-16-10-7-6-8-11-16/h6-8,10-11,17-18,20H,3-5,13-15H2,1-2H3. The van der Waals surface area contributed by atoms with Crippen molar-refractivity contribution in [2.75, 3.05) is 0 Å². The zero-order chi connectivity index (χ0) is 14.4. The van der Waals surface area contributed by atoms with Crippen LogP contribution in [0.2, 0.25) is 0 Å². The Labute approximate surface area is 123 Å². The Balaban J connectivity index is 2.05. The van der Waals surface area contributed by atoms with Crippen molar-refractivity contribution in [2.45, 2.75) is 58.0 Å². The van der Waals surface area contributed by atoms with Gasteiger partial charge in [-0.1, -0.05) is 49.6 Å². The summed E-state index contributed by atoms with van der Waals surface area (Å²) in [6, 6.07) is 10.6. The summed E-state index contributed by atoms with van der Waals surface area (Å²) in [5, 5.41) is 10.6. The summed E-state index contributed by atoms with van der Waals surface area (Å²) in [4.78, 5) is 0. The van der Waals surface area contributed by atoms with Gasteiger partial charge in [0, 0.05) is 6.42 Å². The topological polar surface area (TPSA) is 20.2 Å². The van der Waals surface area contributed by atoms with Crippen LogP contribution in [-0.4, -0.2) is 10.7 Å². The van der Waals surface area contributed by atoms with Crippen LogP contribution in [0.5, 0.6) is 0 Å². The largest absolute Gasteiger partial charge is 0.389 e. The summed E-state index contributed by atoms with van der Waals surface area (Å²) in [5.74, 6) is 7.28. The van der Waals surface area contributed by atoms with Crippen molar-refractivity contribution >= 4 is 0 Å². The molecule has 1 aromatic rings. The number of hydrogen-bond acceptors (Lipinski definition) is 1. The molecule has 20 heavy (non-hydrogen) atoms. The van der Waals surface area contributed by atoms with Gasteiger partial charge >= 0.3 is 0 Å². The highest BCUT2D eigenvalue weighted by atomic mass is 16.3. The van der Waals surface area contributed by atoms with E-state index in [0.717, 1.165) is 32.1 Å². The van der Waals surface area contributed by atoms with Crippen LogP contribution in [0, 0.1) is 23.7 Å². The summed E-state index contributed by atoms with van der Waals surface area (Å²) >= 11 is 0. The van der Waals surface area contributed by atoms with Gasteiger partial charge in [0.15, 0.2) is 0 Å². The highest BCUT2D eigenvalue weighted by Crippen LogP contribution is 2.41. The van der Waals surface area contributed by atoms with E-state index >= 15 is 0 Å². The first-order valence-electron chi connectivity index (χ1n) is 7.88. The number of benzene rings is 1. The Kier molecular flexibility index (Phi) is 5.26. The van der Waals surface area contributed by atoms with Crippen molar-refractivity contribution in [1.29, 1.82) is 0 Å². The number of rotatable bonds is 4. The molecule has 1 heteroatoms. The molecule has 1 fully saturated rings. The second-order valence-electron chi connectivity index (χ2n) is 6.25. The molecule has 108 valence electrons. The molecule has 0 heterocycles. The van der Waals surface area contributed by atoms with E-state index in [-0.39, 0.29) is 5.92 Å². The molecule has 1 aliphatic carbocycles. The Hall–Kier alpha value is -1.26. The molecular weight excluding hydrogens is 244 g/mol. The molecule has 1 aromatic carbocycles. The first kappa shape index (κ1) is 15.1. The maximum absolute atomic E-state index is 10.6. The lowest BCUT2D eigenvalue weighted by atomic mass is 9.84. The van der Waals surface area contributed by atoms with Crippen LogP contribution < -0.4 is 0 Å². The fourth-order valence-electron chi connectivity index (χ4n) is 3.16. The van der Waals surface area contributed by atoms with Gasteiger partial charge in [0.25, 0.3) is 0 Å². The van der Waals surface area contributed by atoms with Gasteiger partial charge < -0.3 is 5.11 Å². The summed E-state index contributed by atoms with van der Waals surface area (Å²) in [6.07, 6.45) is 6.28. The highest BCUT2D eigenvalue weighted by molar-refractivity contribution is 5.20. The van der Waals surface area contributed by atoms with E-state index in [4.69, 9.17) is 0 Å². The lowest BCUT2D eigenvalue weighted by molar-refractivity contribution is 0.0342. The van der Waals surface area contributed by atoms with Crippen molar-refractivity contribution < 1.29 is 5.11 Å². The van der Waals surface area contributed by atoms with Crippen LogP contribution in [0.4, 0.5) is 0 Å². The lowest BCUT2D eigenvalue weighted by Crippen LogP contribution is -2.31. The molecule has 3 atom stereocenters. The van der Waals surface area contributed by atoms with Crippen molar-refractivity contribution in [2.24, 2.45) is 11.8 Å². The average Bonchev–Trinajstić information content (AvgIpc) is 2.72. The summed E-state index contributed by atoms with van der Waals surface area (Å²) < 4.78 is 0. The minimum Gasteiger partial charge on any atom is -0.389 e. The second-order valence-corrected chi connectivity index (χ2v) is 6.25. The fraction of sp³-hybridized carbons (Fsp3) is 0.579. The predicted octanol–water partition coefficient (Wildman–Crippen LogP) is 4.20. The van der Waals surface area contributed by atoms with Crippen LogP contribution in [0.15, 0.2) is 30.3 Å². The van der Waals surface area contributed by atoms with E-state index in [1.165, 1.54) is 12.0 Å².